The van der Waals surface area contributed by atoms with Gasteiger partial charge in [0.25, 0.3) is 0 Å². The van der Waals surface area contributed by atoms with Crippen LogP contribution in [0.5, 0.6) is 0 Å². The molecule has 0 fully saturated rings. The van der Waals surface area contributed by atoms with E-state index in [2.05, 4.69) is 22.5 Å². The Morgan fingerprint density at radius 2 is 2.10 bits per heavy atom. The van der Waals surface area contributed by atoms with E-state index in [0.717, 1.165) is 15.5 Å². The Labute approximate surface area is 70.5 Å². The van der Waals surface area contributed by atoms with Crippen LogP contribution in [-0.2, 0) is 0 Å². The molecule has 1 aromatic rings. The molecule has 0 unspecified atom stereocenters. The zero-order chi connectivity index (χ0) is 7.56. The molecule has 0 atom stereocenters. The molecule has 0 aliphatic rings. The quantitative estimate of drug-likeness (QED) is 0.597. The summed E-state index contributed by atoms with van der Waals surface area (Å²) in [6.07, 6.45) is 1.76. The number of hydrogen-bond acceptors (Lipinski definition) is 0. The highest BCUT2D eigenvalue weighted by atomic mass is 79.9. The number of rotatable bonds is 1. The average Bonchev–Trinajstić information content (AvgIpc) is 1.85. The van der Waals surface area contributed by atoms with Crippen LogP contribution in [0, 0.1) is 0 Å². The fourth-order valence-electron chi connectivity index (χ4n) is 0.754. The highest BCUT2D eigenvalue weighted by Gasteiger charge is 1.90. The lowest BCUT2D eigenvalue weighted by Crippen LogP contribution is -2.01. The first kappa shape index (κ1) is 7.61. The predicted molar refractivity (Wildman–Crippen MR) is 49.6 cm³/mol. The third-order valence-electron chi connectivity index (χ3n) is 1.18. The smallest absolute Gasteiger partial charge is 0.0985 e. The first-order valence-electron chi connectivity index (χ1n) is 2.91. The van der Waals surface area contributed by atoms with Crippen LogP contribution in [0.15, 0.2) is 29.3 Å². The van der Waals surface area contributed by atoms with E-state index in [4.69, 9.17) is 7.85 Å². The zero-order valence-corrected chi connectivity index (χ0v) is 7.06. The molecule has 48 valence electrons. The third kappa shape index (κ3) is 1.74. The zero-order valence-electron chi connectivity index (χ0n) is 5.47. The van der Waals surface area contributed by atoms with E-state index in [1.807, 2.05) is 18.2 Å². The van der Waals surface area contributed by atoms with Crippen LogP contribution in [0.3, 0.4) is 0 Å². The summed E-state index contributed by atoms with van der Waals surface area (Å²) in [4.78, 5) is 0. The van der Waals surface area contributed by atoms with Gasteiger partial charge >= 0.3 is 0 Å². The largest absolute Gasteiger partial charge is 0.113 e. The van der Waals surface area contributed by atoms with Crippen LogP contribution in [0.1, 0.15) is 5.56 Å². The van der Waals surface area contributed by atoms with Crippen molar-refractivity contribution in [2.45, 2.75) is 0 Å². The summed E-state index contributed by atoms with van der Waals surface area (Å²) in [6.45, 7) is 3.64. The topological polar surface area (TPSA) is 0 Å². The lowest BCUT2D eigenvalue weighted by Gasteiger charge is -1.97. The Balaban J connectivity index is 3.18. The van der Waals surface area contributed by atoms with E-state index in [0.29, 0.717) is 0 Å². The standard InChI is InChI=1S/C8H6BBr/c1-2-6-3-7(9)5-8(10)4-6/h2-5H,1H2. The molecule has 1 aromatic carbocycles. The Bertz CT molecular complexity index is 235. The van der Waals surface area contributed by atoms with Crippen LogP contribution in [0.2, 0.25) is 0 Å². The minimum Gasteiger partial charge on any atom is -0.0985 e. The maximum atomic E-state index is 5.56. The SMILES string of the molecule is [B]c1cc(Br)cc(C=C)c1. The first-order chi connectivity index (χ1) is 4.72. The van der Waals surface area contributed by atoms with E-state index in [-0.39, 0.29) is 0 Å². The van der Waals surface area contributed by atoms with Gasteiger partial charge in [-0.25, -0.2) is 0 Å². The van der Waals surface area contributed by atoms with Crippen molar-refractivity contribution in [1.82, 2.24) is 0 Å². The molecule has 0 heterocycles. The van der Waals surface area contributed by atoms with Crippen LogP contribution in [0.25, 0.3) is 6.08 Å². The Hall–Kier alpha value is -0.495. The summed E-state index contributed by atoms with van der Waals surface area (Å²) in [6, 6.07) is 5.69. The molecule has 0 saturated carbocycles. The normalized spacial score (nSPS) is 9.30. The lowest BCUT2D eigenvalue weighted by atomic mass is 9.94. The molecule has 0 N–H and O–H groups in total. The summed E-state index contributed by atoms with van der Waals surface area (Å²) in [7, 11) is 5.56. The molecule has 2 radical (unpaired) electrons. The lowest BCUT2D eigenvalue weighted by molar-refractivity contribution is 1.66. The molecule has 0 saturated heterocycles. The number of hydrogen-bond donors (Lipinski definition) is 0. The van der Waals surface area contributed by atoms with Crippen molar-refractivity contribution in [2.24, 2.45) is 0 Å². The van der Waals surface area contributed by atoms with Crippen molar-refractivity contribution in [3.05, 3.63) is 34.8 Å². The van der Waals surface area contributed by atoms with Gasteiger partial charge in [0.05, 0.1) is 0 Å². The van der Waals surface area contributed by atoms with Gasteiger partial charge < -0.3 is 0 Å². The maximum Gasteiger partial charge on any atom is 0.113 e. The van der Waals surface area contributed by atoms with Crippen LogP contribution in [-0.4, -0.2) is 7.85 Å². The van der Waals surface area contributed by atoms with E-state index >= 15 is 0 Å². The number of halogens is 1. The van der Waals surface area contributed by atoms with Gasteiger partial charge in [-0.3, -0.25) is 0 Å². The van der Waals surface area contributed by atoms with E-state index in [1.54, 1.807) is 6.08 Å². The van der Waals surface area contributed by atoms with Crippen LogP contribution in [0.4, 0.5) is 0 Å². The fraction of sp³-hybridized carbons (Fsp3) is 0. The van der Waals surface area contributed by atoms with Gasteiger partial charge in [0.2, 0.25) is 0 Å². The van der Waals surface area contributed by atoms with Crippen molar-refractivity contribution in [2.75, 3.05) is 0 Å². The van der Waals surface area contributed by atoms with Crippen LogP contribution >= 0.6 is 15.9 Å². The predicted octanol–water partition coefficient (Wildman–Crippen LogP) is 1.89. The molecule has 0 aliphatic carbocycles. The second-order valence-electron chi connectivity index (χ2n) is 2.02. The molecule has 0 aliphatic heterocycles. The highest BCUT2D eigenvalue weighted by Crippen LogP contribution is 2.10. The minimum atomic E-state index is 0.754. The van der Waals surface area contributed by atoms with Crippen molar-refractivity contribution in [3.63, 3.8) is 0 Å². The summed E-state index contributed by atoms with van der Waals surface area (Å²) in [5.74, 6) is 0. The van der Waals surface area contributed by atoms with Gasteiger partial charge in [0, 0.05) is 4.47 Å². The van der Waals surface area contributed by atoms with Gasteiger partial charge in [0.15, 0.2) is 0 Å². The van der Waals surface area contributed by atoms with Gasteiger partial charge in [-0.15, -0.1) is 0 Å². The summed E-state index contributed by atoms with van der Waals surface area (Å²) in [5, 5.41) is 0. The first-order valence-corrected chi connectivity index (χ1v) is 3.70. The summed E-state index contributed by atoms with van der Waals surface area (Å²) < 4.78 is 0.988. The van der Waals surface area contributed by atoms with Crippen molar-refractivity contribution in [3.8, 4) is 0 Å². The van der Waals surface area contributed by atoms with Gasteiger partial charge in [-0.2, -0.15) is 0 Å². The molecule has 0 amide bonds. The molecule has 0 aromatic heterocycles. The van der Waals surface area contributed by atoms with E-state index in [9.17, 15) is 0 Å². The monoisotopic (exact) mass is 192 g/mol. The minimum absolute atomic E-state index is 0.754. The molecule has 10 heavy (non-hydrogen) atoms. The summed E-state index contributed by atoms with van der Waals surface area (Å²) >= 11 is 3.33. The molecule has 0 nitrogen and oxygen atoms in total. The summed E-state index contributed by atoms with van der Waals surface area (Å²) in [5.41, 5.74) is 1.79. The molecule has 1 rings (SSSR count). The van der Waals surface area contributed by atoms with Crippen molar-refractivity contribution < 1.29 is 0 Å². The molecule has 2 heteroatoms. The third-order valence-corrected chi connectivity index (χ3v) is 1.64. The molecule has 0 bridgehead atoms. The van der Waals surface area contributed by atoms with Crippen molar-refractivity contribution >= 4 is 35.3 Å². The molecular formula is C8H6BBr. The van der Waals surface area contributed by atoms with Crippen LogP contribution < -0.4 is 5.46 Å². The van der Waals surface area contributed by atoms with E-state index < -0.39 is 0 Å². The fourth-order valence-corrected chi connectivity index (χ4v) is 1.28. The Morgan fingerprint density at radius 1 is 1.40 bits per heavy atom. The highest BCUT2D eigenvalue weighted by molar-refractivity contribution is 9.10. The second-order valence-corrected chi connectivity index (χ2v) is 2.94. The van der Waals surface area contributed by atoms with Gasteiger partial charge in [-0.05, 0) is 11.6 Å². The van der Waals surface area contributed by atoms with Gasteiger partial charge in [0.1, 0.15) is 7.85 Å². The number of benzene rings is 1. The Morgan fingerprint density at radius 3 is 2.60 bits per heavy atom. The second kappa shape index (κ2) is 3.06. The molecule has 0 spiro atoms. The van der Waals surface area contributed by atoms with Crippen molar-refractivity contribution in [1.29, 1.82) is 0 Å². The Kier molecular flexibility index (Phi) is 2.33. The molecular weight excluding hydrogens is 187 g/mol. The maximum absolute atomic E-state index is 5.56. The average molecular weight is 193 g/mol. The van der Waals surface area contributed by atoms with E-state index in [1.165, 1.54) is 0 Å². The van der Waals surface area contributed by atoms with Gasteiger partial charge in [-0.1, -0.05) is 46.2 Å².